The summed E-state index contributed by atoms with van der Waals surface area (Å²) in [5, 5.41) is 3.67. The number of benzene rings is 1. The zero-order valence-corrected chi connectivity index (χ0v) is 9.58. The van der Waals surface area contributed by atoms with Crippen molar-refractivity contribution in [2.75, 3.05) is 6.54 Å². The standard InChI is InChI=1S/C14H21N/c1-2-13(12-8-4-3-5-9-12)14-10-6-7-11-15-14/h3-5,8-9,13-15H,2,6-7,10-11H2,1H3/t13-,14?/m0/s1. The molecule has 1 unspecified atom stereocenters. The van der Waals surface area contributed by atoms with E-state index in [-0.39, 0.29) is 0 Å². The lowest BCUT2D eigenvalue weighted by atomic mass is 9.85. The van der Waals surface area contributed by atoms with Crippen LogP contribution < -0.4 is 5.32 Å². The Morgan fingerprint density at radius 1 is 1.27 bits per heavy atom. The van der Waals surface area contributed by atoms with Gasteiger partial charge < -0.3 is 5.32 Å². The van der Waals surface area contributed by atoms with Crippen molar-refractivity contribution < 1.29 is 0 Å². The molecule has 0 saturated carbocycles. The molecule has 1 saturated heterocycles. The van der Waals surface area contributed by atoms with Gasteiger partial charge in [0.25, 0.3) is 0 Å². The van der Waals surface area contributed by atoms with E-state index in [1.165, 1.54) is 37.8 Å². The summed E-state index contributed by atoms with van der Waals surface area (Å²) in [5.74, 6) is 0.700. The summed E-state index contributed by atoms with van der Waals surface area (Å²) in [5.41, 5.74) is 1.50. The highest BCUT2D eigenvalue weighted by Crippen LogP contribution is 2.27. The van der Waals surface area contributed by atoms with E-state index in [2.05, 4.69) is 42.6 Å². The fourth-order valence-electron chi connectivity index (χ4n) is 2.67. The van der Waals surface area contributed by atoms with E-state index in [1.54, 1.807) is 0 Å². The summed E-state index contributed by atoms with van der Waals surface area (Å²) < 4.78 is 0. The minimum Gasteiger partial charge on any atom is -0.313 e. The van der Waals surface area contributed by atoms with Crippen molar-refractivity contribution in [2.45, 2.75) is 44.6 Å². The van der Waals surface area contributed by atoms with Gasteiger partial charge in [-0.25, -0.2) is 0 Å². The molecule has 0 amide bonds. The van der Waals surface area contributed by atoms with E-state index in [0.29, 0.717) is 12.0 Å². The third-order valence-corrected chi connectivity index (χ3v) is 3.50. The van der Waals surface area contributed by atoms with Crippen molar-refractivity contribution in [1.82, 2.24) is 5.32 Å². The van der Waals surface area contributed by atoms with Gasteiger partial charge in [0, 0.05) is 6.04 Å². The molecule has 15 heavy (non-hydrogen) atoms. The summed E-state index contributed by atoms with van der Waals surface area (Å²) in [6, 6.07) is 11.6. The second kappa shape index (κ2) is 5.32. The first-order valence-electron chi connectivity index (χ1n) is 6.20. The average molecular weight is 203 g/mol. The van der Waals surface area contributed by atoms with Crippen LogP contribution in [-0.4, -0.2) is 12.6 Å². The lowest BCUT2D eigenvalue weighted by Gasteiger charge is -2.31. The molecule has 0 bridgehead atoms. The number of hydrogen-bond acceptors (Lipinski definition) is 1. The molecule has 0 aromatic heterocycles. The average Bonchev–Trinajstić information content (AvgIpc) is 2.33. The second-order valence-electron chi connectivity index (χ2n) is 4.48. The van der Waals surface area contributed by atoms with Crippen molar-refractivity contribution in [3.63, 3.8) is 0 Å². The van der Waals surface area contributed by atoms with Gasteiger partial charge in [-0.05, 0) is 37.3 Å². The molecule has 1 N–H and O–H groups in total. The Balaban J connectivity index is 2.09. The molecule has 2 rings (SSSR count). The van der Waals surface area contributed by atoms with Crippen LogP contribution in [0.5, 0.6) is 0 Å². The molecule has 1 heteroatoms. The zero-order chi connectivity index (χ0) is 10.5. The van der Waals surface area contributed by atoms with Crippen LogP contribution in [0.15, 0.2) is 30.3 Å². The predicted octanol–water partition coefficient (Wildman–Crippen LogP) is 3.32. The molecule has 2 atom stereocenters. The number of hydrogen-bond donors (Lipinski definition) is 1. The number of rotatable bonds is 3. The van der Waals surface area contributed by atoms with E-state index < -0.39 is 0 Å². The van der Waals surface area contributed by atoms with Gasteiger partial charge in [0.1, 0.15) is 0 Å². The van der Waals surface area contributed by atoms with Crippen LogP contribution in [0.4, 0.5) is 0 Å². The Morgan fingerprint density at radius 2 is 2.07 bits per heavy atom. The van der Waals surface area contributed by atoms with Crippen molar-refractivity contribution in [3.05, 3.63) is 35.9 Å². The Morgan fingerprint density at radius 3 is 2.67 bits per heavy atom. The van der Waals surface area contributed by atoms with E-state index in [9.17, 15) is 0 Å². The number of nitrogens with one attached hydrogen (secondary N) is 1. The van der Waals surface area contributed by atoms with Crippen LogP contribution in [0.25, 0.3) is 0 Å². The molecule has 1 fully saturated rings. The lowest BCUT2D eigenvalue weighted by molar-refractivity contribution is 0.344. The fourth-order valence-corrected chi connectivity index (χ4v) is 2.67. The Bertz CT molecular complexity index is 275. The van der Waals surface area contributed by atoms with Crippen molar-refractivity contribution in [1.29, 1.82) is 0 Å². The largest absolute Gasteiger partial charge is 0.313 e. The predicted molar refractivity (Wildman–Crippen MR) is 65.1 cm³/mol. The van der Waals surface area contributed by atoms with Crippen LogP contribution in [0.3, 0.4) is 0 Å². The second-order valence-corrected chi connectivity index (χ2v) is 4.48. The minimum atomic E-state index is 0.700. The zero-order valence-electron chi connectivity index (χ0n) is 9.58. The molecule has 1 aromatic carbocycles. The van der Waals surface area contributed by atoms with Crippen molar-refractivity contribution in [3.8, 4) is 0 Å². The quantitative estimate of drug-likeness (QED) is 0.794. The maximum Gasteiger partial charge on any atom is 0.0136 e. The molecule has 1 heterocycles. The lowest BCUT2D eigenvalue weighted by Crippen LogP contribution is -2.38. The first kappa shape index (κ1) is 10.7. The van der Waals surface area contributed by atoms with Gasteiger partial charge >= 0.3 is 0 Å². The molecule has 0 radical (unpaired) electrons. The fraction of sp³-hybridized carbons (Fsp3) is 0.571. The van der Waals surface area contributed by atoms with Crippen LogP contribution in [-0.2, 0) is 0 Å². The molecular formula is C14H21N. The highest BCUT2D eigenvalue weighted by molar-refractivity contribution is 5.21. The van der Waals surface area contributed by atoms with Crippen LogP contribution in [0.1, 0.15) is 44.1 Å². The molecule has 82 valence electrons. The van der Waals surface area contributed by atoms with E-state index in [1.807, 2.05) is 0 Å². The molecule has 1 nitrogen and oxygen atoms in total. The third-order valence-electron chi connectivity index (χ3n) is 3.50. The van der Waals surface area contributed by atoms with Crippen LogP contribution in [0.2, 0.25) is 0 Å². The maximum absolute atomic E-state index is 3.67. The normalized spacial score (nSPS) is 23.7. The SMILES string of the molecule is CC[C@@H](c1ccccc1)C1CCCCN1. The van der Waals surface area contributed by atoms with E-state index in [4.69, 9.17) is 0 Å². The van der Waals surface area contributed by atoms with Crippen molar-refractivity contribution >= 4 is 0 Å². The van der Waals surface area contributed by atoms with Gasteiger partial charge in [0.15, 0.2) is 0 Å². The molecule has 0 spiro atoms. The maximum atomic E-state index is 3.67. The van der Waals surface area contributed by atoms with Crippen molar-refractivity contribution in [2.24, 2.45) is 0 Å². The first-order valence-corrected chi connectivity index (χ1v) is 6.20. The van der Waals surface area contributed by atoms with Crippen LogP contribution in [0, 0.1) is 0 Å². The molecule has 1 aliphatic rings. The summed E-state index contributed by atoms with van der Waals surface area (Å²) in [4.78, 5) is 0. The topological polar surface area (TPSA) is 12.0 Å². The van der Waals surface area contributed by atoms with Gasteiger partial charge in [-0.2, -0.15) is 0 Å². The van der Waals surface area contributed by atoms with Crippen LogP contribution >= 0.6 is 0 Å². The highest BCUT2D eigenvalue weighted by atomic mass is 14.9. The van der Waals surface area contributed by atoms with Gasteiger partial charge in [-0.3, -0.25) is 0 Å². The van der Waals surface area contributed by atoms with Gasteiger partial charge in [-0.15, -0.1) is 0 Å². The van der Waals surface area contributed by atoms with Gasteiger partial charge in [0.2, 0.25) is 0 Å². The summed E-state index contributed by atoms with van der Waals surface area (Å²) in [6.07, 6.45) is 5.32. The first-order chi connectivity index (χ1) is 7.42. The third kappa shape index (κ3) is 2.60. The highest BCUT2D eigenvalue weighted by Gasteiger charge is 2.22. The molecule has 0 aliphatic carbocycles. The van der Waals surface area contributed by atoms with Gasteiger partial charge in [-0.1, -0.05) is 43.7 Å². The smallest absolute Gasteiger partial charge is 0.0136 e. The molecule has 1 aliphatic heterocycles. The van der Waals surface area contributed by atoms with Gasteiger partial charge in [0.05, 0.1) is 0 Å². The molecular weight excluding hydrogens is 182 g/mol. The monoisotopic (exact) mass is 203 g/mol. The Kier molecular flexibility index (Phi) is 3.79. The Hall–Kier alpha value is -0.820. The summed E-state index contributed by atoms with van der Waals surface area (Å²) >= 11 is 0. The number of piperidine rings is 1. The Labute approximate surface area is 92.9 Å². The summed E-state index contributed by atoms with van der Waals surface area (Å²) in [7, 11) is 0. The minimum absolute atomic E-state index is 0.700. The van der Waals surface area contributed by atoms with E-state index in [0.717, 1.165) is 0 Å². The summed E-state index contributed by atoms with van der Waals surface area (Å²) in [6.45, 7) is 3.50. The van der Waals surface area contributed by atoms with E-state index >= 15 is 0 Å². The molecule has 1 aromatic rings.